The van der Waals surface area contributed by atoms with Gasteiger partial charge in [-0.2, -0.15) is 0 Å². The molecule has 2 N–H and O–H groups in total. The summed E-state index contributed by atoms with van der Waals surface area (Å²) in [6.07, 6.45) is 0. The molecule has 0 bridgehead atoms. The molecule has 1 aromatic rings. The fourth-order valence-corrected chi connectivity index (χ4v) is 1.72. The van der Waals surface area contributed by atoms with Crippen molar-refractivity contribution in [1.82, 2.24) is 10.2 Å². The predicted octanol–water partition coefficient (Wildman–Crippen LogP) is 2.24. The van der Waals surface area contributed by atoms with Crippen molar-refractivity contribution in [1.29, 1.82) is 0 Å². The Hall–Kier alpha value is -1.95. The maximum Gasteiger partial charge on any atom is 0.324 e. The van der Waals surface area contributed by atoms with Gasteiger partial charge in [0.05, 0.1) is 17.7 Å². The summed E-state index contributed by atoms with van der Waals surface area (Å²) in [7, 11) is 2.70. The van der Waals surface area contributed by atoms with Crippen LogP contribution >= 0.6 is 11.6 Å². The van der Waals surface area contributed by atoms with E-state index >= 15 is 0 Å². The molecule has 110 valence electrons. The molecule has 1 rings (SSSR count). The van der Waals surface area contributed by atoms with Crippen molar-refractivity contribution in [3.63, 3.8) is 0 Å². The SMILES string of the molecule is COc1cc(Cl)c(C(=O)N(C)C(=O)NC(C)C)cc1O. The number of nitrogens with one attached hydrogen (secondary N) is 1. The summed E-state index contributed by atoms with van der Waals surface area (Å²) in [5, 5.41) is 12.4. The number of halogens is 1. The van der Waals surface area contributed by atoms with Crippen LogP contribution in [0.5, 0.6) is 11.5 Å². The highest BCUT2D eigenvalue weighted by Gasteiger charge is 2.22. The van der Waals surface area contributed by atoms with Gasteiger partial charge in [-0.25, -0.2) is 4.79 Å². The zero-order valence-corrected chi connectivity index (χ0v) is 12.5. The van der Waals surface area contributed by atoms with Crippen molar-refractivity contribution < 1.29 is 19.4 Å². The number of hydrogen-bond acceptors (Lipinski definition) is 4. The lowest BCUT2D eigenvalue weighted by Gasteiger charge is -2.19. The maximum absolute atomic E-state index is 12.2. The van der Waals surface area contributed by atoms with Crippen molar-refractivity contribution in [2.75, 3.05) is 14.2 Å². The average molecular weight is 301 g/mol. The molecule has 6 nitrogen and oxygen atoms in total. The molecule has 0 spiro atoms. The summed E-state index contributed by atoms with van der Waals surface area (Å²) in [4.78, 5) is 24.8. The monoisotopic (exact) mass is 300 g/mol. The van der Waals surface area contributed by atoms with Crippen LogP contribution in [0.3, 0.4) is 0 Å². The van der Waals surface area contributed by atoms with Crippen molar-refractivity contribution in [2.24, 2.45) is 0 Å². The molecular weight excluding hydrogens is 284 g/mol. The number of hydrogen-bond donors (Lipinski definition) is 2. The molecule has 3 amide bonds. The van der Waals surface area contributed by atoms with Gasteiger partial charge in [-0.15, -0.1) is 0 Å². The number of rotatable bonds is 3. The van der Waals surface area contributed by atoms with Crippen LogP contribution in [0.1, 0.15) is 24.2 Å². The van der Waals surface area contributed by atoms with Crippen LogP contribution in [0, 0.1) is 0 Å². The van der Waals surface area contributed by atoms with Gasteiger partial charge in [0.1, 0.15) is 0 Å². The number of aromatic hydroxyl groups is 1. The van der Waals surface area contributed by atoms with E-state index in [0.717, 1.165) is 4.90 Å². The van der Waals surface area contributed by atoms with E-state index in [1.807, 2.05) is 0 Å². The number of amides is 3. The van der Waals surface area contributed by atoms with E-state index in [1.54, 1.807) is 13.8 Å². The Kier molecular flexibility index (Phi) is 5.21. The van der Waals surface area contributed by atoms with Gasteiger partial charge in [0, 0.05) is 19.2 Å². The lowest BCUT2D eigenvalue weighted by Crippen LogP contribution is -2.43. The van der Waals surface area contributed by atoms with Gasteiger partial charge in [0.2, 0.25) is 0 Å². The van der Waals surface area contributed by atoms with Crippen LogP contribution in [0.4, 0.5) is 4.79 Å². The predicted molar refractivity (Wildman–Crippen MR) is 75.4 cm³/mol. The first kappa shape index (κ1) is 16.1. The number of phenols is 1. The number of urea groups is 1. The lowest BCUT2D eigenvalue weighted by molar-refractivity contribution is 0.0829. The quantitative estimate of drug-likeness (QED) is 0.897. The van der Waals surface area contributed by atoms with Gasteiger partial charge in [-0.3, -0.25) is 9.69 Å². The molecular formula is C13H17ClN2O4. The van der Waals surface area contributed by atoms with E-state index in [2.05, 4.69) is 5.32 Å². The fourth-order valence-electron chi connectivity index (χ4n) is 1.49. The van der Waals surface area contributed by atoms with Crippen LogP contribution in [-0.4, -0.2) is 42.1 Å². The third-order valence-corrected chi connectivity index (χ3v) is 2.83. The van der Waals surface area contributed by atoms with Gasteiger partial charge in [0.15, 0.2) is 11.5 Å². The summed E-state index contributed by atoms with van der Waals surface area (Å²) in [6, 6.07) is 1.84. The number of imide groups is 1. The van der Waals surface area contributed by atoms with Crippen LogP contribution in [-0.2, 0) is 0 Å². The third-order valence-electron chi connectivity index (χ3n) is 2.52. The topological polar surface area (TPSA) is 78.9 Å². The first-order chi connectivity index (χ1) is 9.27. The van der Waals surface area contributed by atoms with Crippen molar-refractivity contribution in [3.05, 3.63) is 22.7 Å². The number of carbonyl (C=O) groups excluding carboxylic acids is 2. The summed E-state index contributed by atoms with van der Waals surface area (Å²) >= 11 is 5.96. The second-order valence-electron chi connectivity index (χ2n) is 4.47. The van der Waals surface area contributed by atoms with E-state index in [0.29, 0.717) is 0 Å². The summed E-state index contributed by atoms with van der Waals surface area (Å²) in [5.74, 6) is -0.690. The van der Waals surface area contributed by atoms with E-state index in [4.69, 9.17) is 16.3 Å². The number of carbonyl (C=O) groups is 2. The Labute approximate surface area is 122 Å². The van der Waals surface area contributed by atoms with Crippen LogP contribution in [0.15, 0.2) is 12.1 Å². The molecule has 0 aliphatic carbocycles. The van der Waals surface area contributed by atoms with E-state index < -0.39 is 11.9 Å². The molecule has 0 radical (unpaired) electrons. The van der Waals surface area contributed by atoms with Gasteiger partial charge < -0.3 is 15.2 Å². The first-order valence-corrected chi connectivity index (χ1v) is 6.30. The molecule has 20 heavy (non-hydrogen) atoms. The van der Waals surface area contributed by atoms with Crippen LogP contribution < -0.4 is 10.1 Å². The van der Waals surface area contributed by atoms with Gasteiger partial charge in [-0.1, -0.05) is 11.6 Å². The Bertz CT molecular complexity index is 531. The molecule has 0 fully saturated rings. The first-order valence-electron chi connectivity index (χ1n) is 5.93. The minimum Gasteiger partial charge on any atom is -0.504 e. The highest BCUT2D eigenvalue weighted by Crippen LogP contribution is 2.32. The molecule has 0 aliphatic heterocycles. The number of ether oxygens (including phenoxy) is 1. The highest BCUT2D eigenvalue weighted by atomic mass is 35.5. The van der Waals surface area contributed by atoms with Gasteiger partial charge >= 0.3 is 6.03 Å². The minimum atomic E-state index is -0.619. The molecule has 0 unspecified atom stereocenters. The number of methoxy groups -OCH3 is 1. The Balaban J connectivity index is 3.03. The zero-order valence-electron chi connectivity index (χ0n) is 11.7. The number of benzene rings is 1. The van der Waals surface area contributed by atoms with Gasteiger partial charge in [-0.05, 0) is 19.9 Å². The average Bonchev–Trinajstić information content (AvgIpc) is 2.38. The molecule has 0 aromatic heterocycles. The largest absolute Gasteiger partial charge is 0.504 e. The molecule has 0 atom stereocenters. The van der Waals surface area contributed by atoms with Crippen molar-refractivity contribution in [3.8, 4) is 11.5 Å². The summed E-state index contributed by atoms with van der Waals surface area (Å²) in [5.41, 5.74) is 0.0198. The van der Waals surface area contributed by atoms with Crippen LogP contribution in [0.25, 0.3) is 0 Å². The molecule has 0 saturated heterocycles. The van der Waals surface area contributed by atoms with E-state index in [-0.39, 0.29) is 28.1 Å². The highest BCUT2D eigenvalue weighted by molar-refractivity contribution is 6.34. The standard InChI is InChI=1S/C13H17ClN2O4/c1-7(2)15-13(19)16(3)12(18)8-5-10(17)11(20-4)6-9(8)14/h5-7,17H,1-4H3,(H,15,19). The summed E-state index contributed by atoms with van der Waals surface area (Å²) < 4.78 is 4.88. The third kappa shape index (κ3) is 3.54. The zero-order chi connectivity index (χ0) is 15.4. The normalized spacial score (nSPS) is 10.3. The Morgan fingerprint density at radius 2 is 2.00 bits per heavy atom. The van der Waals surface area contributed by atoms with E-state index in [1.165, 1.54) is 26.3 Å². The second-order valence-corrected chi connectivity index (χ2v) is 4.88. The Morgan fingerprint density at radius 1 is 1.40 bits per heavy atom. The minimum absolute atomic E-state index is 0.0198. The van der Waals surface area contributed by atoms with Crippen LogP contribution in [0.2, 0.25) is 5.02 Å². The Morgan fingerprint density at radius 3 is 2.50 bits per heavy atom. The number of nitrogens with zero attached hydrogens (tertiary/aromatic N) is 1. The van der Waals surface area contributed by atoms with Gasteiger partial charge in [0.25, 0.3) is 5.91 Å². The van der Waals surface area contributed by atoms with Crippen molar-refractivity contribution >= 4 is 23.5 Å². The molecule has 0 aliphatic rings. The summed E-state index contributed by atoms with van der Waals surface area (Å²) in [6.45, 7) is 3.56. The molecule has 1 aromatic carbocycles. The molecule has 0 saturated carbocycles. The van der Waals surface area contributed by atoms with E-state index in [9.17, 15) is 14.7 Å². The molecule has 0 heterocycles. The fraction of sp³-hybridized carbons (Fsp3) is 0.385. The molecule has 7 heteroatoms. The van der Waals surface area contributed by atoms with Crippen molar-refractivity contribution in [2.45, 2.75) is 19.9 Å². The smallest absolute Gasteiger partial charge is 0.324 e. The lowest BCUT2D eigenvalue weighted by atomic mass is 10.1. The number of phenolic OH excluding ortho intramolecular Hbond substituents is 1. The maximum atomic E-state index is 12.2. The second kappa shape index (κ2) is 6.47.